The quantitative estimate of drug-likeness (QED) is 0.761. The Kier molecular flexibility index (Phi) is 4.74. The van der Waals surface area contributed by atoms with Gasteiger partial charge in [0.15, 0.2) is 0 Å². The van der Waals surface area contributed by atoms with Gasteiger partial charge in [-0.15, -0.1) is 0 Å². The maximum Gasteiger partial charge on any atom is 0.128 e. The van der Waals surface area contributed by atoms with Crippen molar-refractivity contribution in [1.82, 2.24) is 9.78 Å². The molecule has 0 spiro atoms. The van der Waals surface area contributed by atoms with E-state index in [9.17, 15) is 0 Å². The van der Waals surface area contributed by atoms with Crippen LogP contribution in [0.25, 0.3) is 11.3 Å². The molecular weight excluding hydrogens is 286 g/mol. The standard InChI is InChI=1S/C19H21N3O/c1-23-19-10-6-5-9-17(19)18-13-16(11-12-20)21-22(18)14-15-7-3-2-4-8-15/h2-10,13H,11-12,14,20H2,1H3. The maximum atomic E-state index is 5.69. The van der Waals surface area contributed by atoms with Gasteiger partial charge in [-0.25, -0.2) is 0 Å². The van der Waals surface area contributed by atoms with Crippen molar-refractivity contribution in [3.63, 3.8) is 0 Å². The molecule has 3 rings (SSSR count). The molecule has 0 aliphatic carbocycles. The molecule has 0 atom stereocenters. The van der Waals surface area contributed by atoms with Crippen LogP contribution in [0, 0.1) is 0 Å². The number of ether oxygens (including phenoxy) is 1. The van der Waals surface area contributed by atoms with E-state index in [0.717, 1.165) is 35.7 Å². The van der Waals surface area contributed by atoms with Crippen molar-refractivity contribution < 1.29 is 4.74 Å². The molecule has 4 nitrogen and oxygen atoms in total. The van der Waals surface area contributed by atoms with Gasteiger partial charge in [-0.05, 0) is 30.3 Å². The lowest BCUT2D eigenvalue weighted by atomic mass is 10.1. The third-order valence-electron chi connectivity index (χ3n) is 3.79. The highest BCUT2D eigenvalue weighted by atomic mass is 16.5. The van der Waals surface area contributed by atoms with E-state index in [0.29, 0.717) is 6.54 Å². The Morgan fingerprint density at radius 1 is 1.04 bits per heavy atom. The maximum absolute atomic E-state index is 5.69. The number of hydrogen-bond donors (Lipinski definition) is 1. The number of aromatic nitrogens is 2. The van der Waals surface area contributed by atoms with Gasteiger partial charge in [0.1, 0.15) is 5.75 Å². The first-order valence-corrected chi connectivity index (χ1v) is 7.76. The Bertz CT molecular complexity index is 765. The number of nitrogens with zero attached hydrogens (tertiary/aromatic N) is 2. The van der Waals surface area contributed by atoms with Crippen LogP contribution in [0.1, 0.15) is 11.3 Å². The Labute approximate surface area is 136 Å². The van der Waals surface area contributed by atoms with Gasteiger partial charge in [0.05, 0.1) is 25.0 Å². The number of methoxy groups -OCH3 is 1. The zero-order valence-electron chi connectivity index (χ0n) is 13.3. The van der Waals surface area contributed by atoms with E-state index in [1.165, 1.54) is 5.56 Å². The SMILES string of the molecule is COc1ccccc1-c1cc(CCN)nn1Cc1ccccc1. The Morgan fingerprint density at radius 2 is 1.78 bits per heavy atom. The van der Waals surface area contributed by atoms with Crippen LogP contribution in [0.4, 0.5) is 0 Å². The number of benzene rings is 2. The topological polar surface area (TPSA) is 53.1 Å². The van der Waals surface area contributed by atoms with Crippen molar-refractivity contribution in [3.05, 3.63) is 71.9 Å². The van der Waals surface area contributed by atoms with Crippen molar-refractivity contribution in [3.8, 4) is 17.0 Å². The van der Waals surface area contributed by atoms with Crippen molar-refractivity contribution >= 4 is 0 Å². The van der Waals surface area contributed by atoms with E-state index in [2.05, 4.69) is 24.3 Å². The molecule has 0 fully saturated rings. The highest BCUT2D eigenvalue weighted by Crippen LogP contribution is 2.30. The van der Waals surface area contributed by atoms with Crippen molar-refractivity contribution in [2.45, 2.75) is 13.0 Å². The Hall–Kier alpha value is -2.59. The molecular formula is C19H21N3O. The third-order valence-corrected chi connectivity index (χ3v) is 3.79. The average Bonchev–Trinajstić information content (AvgIpc) is 2.98. The lowest BCUT2D eigenvalue weighted by Crippen LogP contribution is -2.06. The summed E-state index contributed by atoms with van der Waals surface area (Å²) in [5.41, 5.74) is 10.0. The second kappa shape index (κ2) is 7.11. The van der Waals surface area contributed by atoms with Gasteiger partial charge in [-0.1, -0.05) is 42.5 Å². The summed E-state index contributed by atoms with van der Waals surface area (Å²) in [6.07, 6.45) is 0.768. The van der Waals surface area contributed by atoms with Gasteiger partial charge < -0.3 is 10.5 Å². The second-order valence-electron chi connectivity index (χ2n) is 5.40. The fourth-order valence-corrected chi connectivity index (χ4v) is 2.69. The van der Waals surface area contributed by atoms with E-state index in [-0.39, 0.29) is 0 Å². The molecule has 0 unspecified atom stereocenters. The minimum atomic E-state index is 0.591. The zero-order valence-corrected chi connectivity index (χ0v) is 13.3. The molecule has 4 heteroatoms. The van der Waals surface area contributed by atoms with E-state index in [1.807, 2.05) is 41.1 Å². The molecule has 0 radical (unpaired) electrons. The van der Waals surface area contributed by atoms with Crippen molar-refractivity contribution in [1.29, 1.82) is 0 Å². The summed E-state index contributed by atoms with van der Waals surface area (Å²) in [5.74, 6) is 0.848. The minimum absolute atomic E-state index is 0.591. The first kappa shape index (κ1) is 15.3. The first-order valence-electron chi connectivity index (χ1n) is 7.76. The molecule has 3 aromatic rings. The molecule has 23 heavy (non-hydrogen) atoms. The number of nitrogens with two attached hydrogens (primary N) is 1. The van der Waals surface area contributed by atoms with Crippen molar-refractivity contribution in [2.75, 3.05) is 13.7 Å². The predicted octanol–water partition coefficient (Wildman–Crippen LogP) is 3.11. The summed E-state index contributed by atoms with van der Waals surface area (Å²) in [4.78, 5) is 0. The molecule has 0 saturated carbocycles. The lowest BCUT2D eigenvalue weighted by molar-refractivity contribution is 0.416. The molecule has 1 aromatic heterocycles. The molecule has 118 valence electrons. The summed E-state index contributed by atoms with van der Waals surface area (Å²) in [5, 5.41) is 4.73. The van der Waals surface area contributed by atoms with Crippen LogP contribution in [-0.4, -0.2) is 23.4 Å². The second-order valence-corrected chi connectivity index (χ2v) is 5.40. The third kappa shape index (κ3) is 3.43. The summed E-state index contributed by atoms with van der Waals surface area (Å²) < 4.78 is 7.53. The molecule has 1 heterocycles. The number of rotatable bonds is 6. The molecule has 0 saturated heterocycles. The zero-order chi connectivity index (χ0) is 16.1. The van der Waals surface area contributed by atoms with Gasteiger partial charge in [0, 0.05) is 12.0 Å². The van der Waals surface area contributed by atoms with Gasteiger partial charge in [0.2, 0.25) is 0 Å². The molecule has 0 amide bonds. The lowest BCUT2D eigenvalue weighted by Gasteiger charge is -2.11. The van der Waals surface area contributed by atoms with E-state index >= 15 is 0 Å². The van der Waals surface area contributed by atoms with Crippen LogP contribution in [0.15, 0.2) is 60.7 Å². The highest BCUT2D eigenvalue weighted by molar-refractivity contribution is 5.68. The molecule has 0 aliphatic rings. The number of para-hydroxylation sites is 1. The van der Waals surface area contributed by atoms with Crippen LogP contribution < -0.4 is 10.5 Å². The average molecular weight is 307 g/mol. The largest absolute Gasteiger partial charge is 0.496 e. The Balaban J connectivity index is 2.04. The van der Waals surface area contributed by atoms with Crippen LogP contribution in [0.5, 0.6) is 5.75 Å². The number of hydrogen-bond acceptors (Lipinski definition) is 3. The van der Waals surface area contributed by atoms with E-state index in [4.69, 9.17) is 15.6 Å². The van der Waals surface area contributed by atoms with Gasteiger partial charge in [-0.3, -0.25) is 4.68 Å². The minimum Gasteiger partial charge on any atom is -0.496 e. The molecule has 0 bridgehead atoms. The monoisotopic (exact) mass is 307 g/mol. The van der Waals surface area contributed by atoms with Gasteiger partial charge in [0.25, 0.3) is 0 Å². The predicted molar refractivity (Wildman–Crippen MR) is 92.5 cm³/mol. The summed E-state index contributed by atoms with van der Waals surface area (Å²) in [6, 6.07) is 20.4. The summed E-state index contributed by atoms with van der Waals surface area (Å²) in [6.45, 7) is 1.31. The normalized spacial score (nSPS) is 10.7. The van der Waals surface area contributed by atoms with E-state index < -0.39 is 0 Å². The smallest absolute Gasteiger partial charge is 0.128 e. The van der Waals surface area contributed by atoms with E-state index in [1.54, 1.807) is 7.11 Å². The van der Waals surface area contributed by atoms with Crippen LogP contribution >= 0.6 is 0 Å². The molecule has 0 aliphatic heterocycles. The van der Waals surface area contributed by atoms with Gasteiger partial charge >= 0.3 is 0 Å². The fourth-order valence-electron chi connectivity index (χ4n) is 2.69. The van der Waals surface area contributed by atoms with Crippen molar-refractivity contribution in [2.24, 2.45) is 5.73 Å². The van der Waals surface area contributed by atoms with Crippen LogP contribution in [0.3, 0.4) is 0 Å². The summed E-state index contributed by atoms with van der Waals surface area (Å²) in [7, 11) is 1.69. The molecule has 2 N–H and O–H groups in total. The summed E-state index contributed by atoms with van der Waals surface area (Å²) >= 11 is 0. The Morgan fingerprint density at radius 3 is 2.52 bits per heavy atom. The van der Waals surface area contributed by atoms with Gasteiger partial charge in [-0.2, -0.15) is 5.10 Å². The highest BCUT2D eigenvalue weighted by Gasteiger charge is 2.13. The first-order chi connectivity index (χ1) is 11.3. The fraction of sp³-hybridized carbons (Fsp3) is 0.211. The molecule has 2 aromatic carbocycles. The van der Waals surface area contributed by atoms with Crippen LogP contribution in [-0.2, 0) is 13.0 Å². The van der Waals surface area contributed by atoms with Crippen LogP contribution in [0.2, 0.25) is 0 Å².